The van der Waals surface area contributed by atoms with E-state index in [1.807, 2.05) is 20.8 Å². The summed E-state index contributed by atoms with van der Waals surface area (Å²) in [5.74, 6) is -0.769. The number of methoxy groups -OCH3 is 1. The molecule has 2 fully saturated rings. The van der Waals surface area contributed by atoms with Crippen LogP contribution in [0.4, 0.5) is 0 Å². The zero-order valence-electron chi connectivity index (χ0n) is 15.3. The molecular formula is C20H27NO3. The predicted molar refractivity (Wildman–Crippen MR) is 93.2 cm³/mol. The molecule has 1 heterocycles. The van der Waals surface area contributed by atoms with Crippen LogP contribution in [0.15, 0.2) is 12.1 Å². The molecule has 4 nitrogen and oxygen atoms in total. The summed E-state index contributed by atoms with van der Waals surface area (Å²) >= 11 is 0. The van der Waals surface area contributed by atoms with E-state index in [0.717, 1.165) is 35.1 Å². The van der Waals surface area contributed by atoms with Crippen LogP contribution in [0, 0.1) is 20.8 Å². The number of rotatable bonds is 2. The van der Waals surface area contributed by atoms with Gasteiger partial charge in [-0.3, -0.25) is 9.59 Å². The van der Waals surface area contributed by atoms with E-state index in [2.05, 4.69) is 24.4 Å². The van der Waals surface area contributed by atoms with Gasteiger partial charge >= 0.3 is 0 Å². The fourth-order valence-corrected chi connectivity index (χ4v) is 4.45. The maximum Gasteiger partial charge on any atom is 0.235 e. The molecular weight excluding hydrogens is 302 g/mol. The molecule has 2 aliphatic rings. The number of hydrogen-bond donors (Lipinski definition) is 1. The Bertz CT molecular complexity index is 676. The summed E-state index contributed by atoms with van der Waals surface area (Å²) in [5, 5.41) is 3.05. The normalized spacial score (nSPS) is 33.1. The second-order valence-corrected chi connectivity index (χ2v) is 7.84. The highest BCUT2D eigenvalue weighted by Crippen LogP contribution is 2.44. The van der Waals surface area contributed by atoms with Crippen molar-refractivity contribution in [2.75, 3.05) is 7.11 Å². The summed E-state index contributed by atoms with van der Waals surface area (Å²) in [5.41, 5.74) is 3.20. The molecule has 1 aromatic rings. The molecule has 0 aromatic heterocycles. The molecule has 1 saturated heterocycles. The summed E-state index contributed by atoms with van der Waals surface area (Å²) < 4.78 is 5.58. The third-order valence-corrected chi connectivity index (χ3v) is 6.04. The Morgan fingerprint density at radius 3 is 2.08 bits per heavy atom. The van der Waals surface area contributed by atoms with Gasteiger partial charge in [0.15, 0.2) is 5.78 Å². The van der Waals surface area contributed by atoms with Gasteiger partial charge in [-0.05, 0) is 70.1 Å². The van der Waals surface area contributed by atoms with Crippen molar-refractivity contribution in [3.05, 3.63) is 34.4 Å². The lowest BCUT2D eigenvalue weighted by atomic mass is 9.71. The van der Waals surface area contributed by atoms with Crippen molar-refractivity contribution in [2.45, 2.75) is 70.4 Å². The lowest BCUT2D eigenvalue weighted by molar-refractivity contribution is -0.127. The molecule has 1 unspecified atom stereocenters. The molecule has 0 radical (unpaired) electrons. The van der Waals surface area contributed by atoms with E-state index in [9.17, 15) is 9.59 Å². The number of carbonyl (C=O) groups is 2. The van der Waals surface area contributed by atoms with Crippen LogP contribution in [0.2, 0.25) is 0 Å². The maximum absolute atomic E-state index is 13.3. The van der Waals surface area contributed by atoms with Crippen LogP contribution in [0.1, 0.15) is 60.8 Å². The monoisotopic (exact) mass is 329 g/mol. The molecule has 1 N–H and O–H groups in total. The van der Waals surface area contributed by atoms with Gasteiger partial charge in [0.25, 0.3) is 0 Å². The Kier molecular flexibility index (Phi) is 4.07. The van der Waals surface area contributed by atoms with Gasteiger partial charge in [-0.2, -0.15) is 0 Å². The number of ether oxygens (including phenoxy) is 1. The average Bonchev–Trinajstić information content (AvgIpc) is 2.75. The number of amides is 1. The molecule has 1 aliphatic carbocycles. The first kappa shape index (κ1) is 17.2. The van der Waals surface area contributed by atoms with Crippen LogP contribution in [-0.2, 0) is 14.3 Å². The Balaban J connectivity index is 1.94. The molecule has 1 amide bonds. The highest BCUT2D eigenvalue weighted by atomic mass is 16.5. The fourth-order valence-electron chi connectivity index (χ4n) is 4.45. The molecule has 1 aliphatic heterocycles. The second kappa shape index (κ2) is 5.69. The lowest BCUT2D eigenvalue weighted by Gasteiger charge is -2.41. The minimum atomic E-state index is -0.705. The van der Waals surface area contributed by atoms with Gasteiger partial charge < -0.3 is 10.1 Å². The highest BCUT2D eigenvalue weighted by molar-refractivity contribution is 6.17. The summed E-state index contributed by atoms with van der Waals surface area (Å²) in [6, 6.07) is 4.10. The molecule has 130 valence electrons. The van der Waals surface area contributed by atoms with E-state index in [1.54, 1.807) is 7.11 Å². The first-order valence-electron chi connectivity index (χ1n) is 8.71. The zero-order chi connectivity index (χ0) is 17.7. The van der Waals surface area contributed by atoms with Crippen molar-refractivity contribution in [1.29, 1.82) is 0 Å². The number of carbonyl (C=O) groups excluding carboxylic acids is 2. The van der Waals surface area contributed by atoms with Gasteiger partial charge in [0.1, 0.15) is 5.92 Å². The second-order valence-electron chi connectivity index (χ2n) is 7.84. The lowest BCUT2D eigenvalue weighted by Crippen LogP contribution is -2.52. The van der Waals surface area contributed by atoms with Crippen LogP contribution in [0.25, 0.3) is 0 Å². The molecule has 1 saturated carbocycles. The average molecular weight is 329 g/mol. The number of hydrogen-bond acceptors (Lipinski definition) is 3. The summed E-state index contributed by atoms with van der Waals surface area (Å²) in [6.45, 7) is 8.09. The van der Waals surface area contributed by atoms with E-state index in [-0.39, 0.29) is 17.3 Å². The smallest absolute Gasteiger partial charge is 0.235 e. The number of ketones is 1. The van der Waals surface area contributed by atoms with Crippen molar-refractivity contribution < 1.29 is 14.3 Å². The quantitative estimate of drug-likeness (QED) is 0.848. The maximum atomic E-state index is 13.3. The van der Waals surface area contributed by atoms with Crippen LogP contribution < -0.4 is 5.32 Å². The van der Waals surface area contributed by atoms with Crippen molar-refractivity contribution in [1.82, 2.24) is 5.32 Å². The van der Waals surface area contributed by atoms with Gasteiger partial charge in [-0.1, -0.05) is 17.7 Å². The van der Waals surface area contributed by atoms with E-state index >= 15 is 0 Å². The molecule has 1 atom stereocenters. The Morgan fingerprint density at radius 2 is 1.58 bits per heavy atom. The highest BCUT2D eigenvalue weighted by Gasteiger charge is 2.56. The van der Waals surface area contributed by atoms with Crippen LogP contribution in [0.5, 0.6) is 0 Å². The standard InChI is InChI=1S/C20H27NO3/c1-12-10-13(2)15(14(3)11-12)16-17(22)20(21-18(16)23)8-6-19(4,24-5)7-9-20/h10-11,16H,6-9H2,1-5H3,(H,21,23). The van der Waals surface area contributed by atoms with Crippen LogP contribution in [-0.4, -0.2) is 29.9 Å². The number of nitrogens with one attached hydrogen (secondary N) is 1. The third kappa shape index (κ3) is 2.57. The molecule has 24 heavy (non-hydrogen) atoms. The molecule has 4 heteroatoms. The van der Waals surface area contributed by atoms with E-state index in [0.29, 0.717) is 12.8 Å². The number of benzene rings is 1. The minimum Gasteiger partial charge on any atom is -0.379 e. The third-order valence-electron chi connectivity index (χ3n) is 6.04. The van der Waals surface area contributed by atoms with Crippen LogP contribution in [0.3, 0.4) is 0 Å². The zero-order valence-corrected chi connectivity index (χ0v) is 15.3. The summed E-state index contributed by atoms with van der Waals surface area (Å²) in [6.07, 6.45) is 2.88. The first-order valence-corrected chi connectivity index (χ1v) is 8.71. The van der Waals surface area contributed by atoms with Gasteiger partial charge in [-0.15, -0.1) is 0 Å². The van der Waals surface area contributed by atoms with Crippen molar-refractivity contribution >= 4 is 11.7 Å². The molecule has 0 bridgehead atoms. The van der Waals surface area contributed by atoms with Crippen molar-refractivity contribution in [3.63, 3.8) is 0 Å². The molecule has 1 spiro atoms. The Labute approximate surface area is 144 Å². The fraction of sp³-hybridized carbons (Fsp3) is 0.600. The van der Waals surface area contributed by atoms with Crippen molar-refractivity contribution in [3.8, 4) is 0 Å². The summed E-state index contributed by atoms with van der Waals surface area (Å²) in [4.78, 5) is 26.0. The molecule has 1 aromatic carbocycles. The van der Waals surface area contributed by atoms with Gasteiger partial charge in [0, 0.05) is 7.11 Å². The van der Waals surface area contributed by atoms with Crippen molar-refractivity contribution in [2.24, 2.45) is 0 Å². The number of aryl methyl sites for hydroxylation is 3. The topological polar surface area (TPSA) is 55.4 Å². The van der Waals surface area contributed by atoms with Gasteiger partial charge in [-0.25, -0.2) is 0 Å². The Hall–Kier alpha value is -1.68. The first-order chi connectivity index (χ1) is 11.2. The largest absolute Gasteiger partial charge is 0.379 e. The van der Waals surface area contributed by atoms with E-state index in [4.69, 9.17) is 4.74 Å². The van der Waals surface area contributed by atoms with E-state index in [1.165, 1.54) is 0 Å². The minimum absolute atomic E-state index is 0.0423. The van der Waals surface area contributed by atoms with Gasteiger partial charge in [0.05, 0.1) is 11.1 Å². The predicted octanol–water partition coefficient (Wildman–Crippen LogP) is 3.11. The molecule has 3 rings (SSSR count). The summed E-state index contributed by atoms with van der Waals surface area (Å²) in [7, 11) is 1.72. The Morgan fingerprint density at radius 1 is 1.04 bits per heavy atom. The number of Topliss-reactive ketones (excluding diaryl/α,β-unsaturated/α-hetero) is 1. The van der Waals surface area contributed by atoms with Gasteiger partial charge in [0.2, 0.25) is 5.91 Å². The van der Waals surface area contributed by atoms with Crippen LogP contribution >= 0.6 is 0 Å². The van der Waals surface area contributed by atoms with E-state index < -0.39 is 11.5 Å². The SMILES string of the molecule is COC1(C)CCC2(CC1)NC(=O)C(c1c(C)cc(C)cc1C)C2=O.